The Labute approximate surface area is 199 Å². The molecule has 0 spiro atoms. The zero-order chi connectivity index (χ0) is 23.5. The van der Waals surface area contributed by atoms with E-state index in [1.165, 1.54) is 12.8 Å². The number of nitrogens with two attached hydrogens (primary N) is 3. The minimum absolute atomic E-state index is 0.259. The summed E-state index contributed by atoms with van der Waals surface area (Å²) in [6.07, 6.45) is 6.47. The summed E-state index contributed by atoms with van der Waals surface area (Å²) in [6, 6.07) is 16.7. The molecule has 2 aromatic heterocycles. The van der Waals surface area contributed by atoms with E-state index in [1.54, 1.807) is 0 Å². The van der Waals surface area contributed by atoms with Crippen molar-refractivity contribution < 1.29 is 0 Å². The minimum Gasteiger partial charge on any atom is -0.398 e. The van der Waals surface area contributed by atoms with Crippen LogP contribution in [0.4, 0.5) is 17.5 Å². The Morgan fingerprint density at radius 1 is 0.941 bits per heavy atom. The molecule has 1 saturated carbocycles. The predicted octanol–water partition coefficient (Wildman–Crippen LogP) is 4.28. The number of para-hydroxylation sites is 1. The number of aromatic nitrogens is 4. The van der Waals surface area contributed by atoms with Gasteiger partial charge in [0.15, 0.2) is 17.0 Å². The molecule has 8 heteroatoms. The lowest BCUT2D eigenvalue weighted by Gasteiger charge is -2.16. The van der Waals surface area contributed by atoms with E-state index in [2.05, 4.69) is 44.1 Å². The van der Waals surface area contributed by atoms with Crippen molar-refractivity contribution in [2.24, 2.45) is 5.73 Å². The highest BCUT2D eigenvalue weighted by Crippen LogP contribution is 2.35. The van der Waals surface area contributed by atoms with Gasteiger partial charge in [-0.25, -0.2) is 4.98 Å². The molecule has 0 amide bonds. The summed E-state index contributed by atoms with van der Waals surface area (Å²) < 4.78 is 2.29. The average Bonchev–Trinajstić information content (AvgIpc) is 3.49. The summed E-state index contributed by atoms with van der Waals surface area (Å²) in [7, 11) is 0. The van der Waals surface area contributed by atoms with Crippen LogP contribution in [0.1, 0.15) is 49.5 Å². The first-order valence-electron chi connectivity index (χ1n) is 12.1. The first kappa shape index (κ1) is 22.2. The number of aryl methyl sites for hydroxylation is 1. The Bertz CT molecular complexity index is 1270. The summed E-state index contributed by atoms with van der Waals surface area (Å²) in [4.78, 5) is 14.1. The second-order valence-electron chi connectivity index (χ2n) is 8.97. The maximum atomic E-state index is 6.13. The number of hydrogen-bond donors (Lipinski definition) is 4. The van der Waals surface area contributed by atoms with E-state index in [0.29, 0.717) is 24.9 Å². The lowest BCUT2D eigenvalue weighted by atomic mass is 10.0. The number of hydrogen-bond acceptors (Lipinski definition) is 7. The van der Waals surface area contributed by atoms with Crippen molar-refractivity contribution in [2.45, 2.75) is 51.1 Å². The molecular weight excluding hydrogens is 424 g/mol. The van der Waals surface area contributed by atoms with Crippen LogP contribution < -0.4 is 22.5 Å². The second-order valence-corrected chi connectivity index (χ2v) is 8.97. The Morgan fingerprint density at radius 3 is 2.44 bits per heavy atom. The van der Waals surface area contributed by atoms with Gasteiger partial charge < -0.3 is 27.1 Å². The number of anilines is 3. The molecule has 4 aromatic rings. The second kappa shape index (κ2) is 9.69. The molecule has 0 bridgehead atoms. The highest BCUT2D eigenvalue weighted by atomic mass is 15.2. The average molecular weight is 457 g/mol. The quantitative estimate of drug-likeness (QED) is 0.291. The van der Waals surface area contributed by atoms with E-state index in [-0.39, 0.29) is 5.95 Å². The summed E-state index contributed by atoms with van der Waals surface area (Å²) in [5.74, 6) is 1.96. The van der Waals surface area contributed by atoms with E-state index < -0.39 is 0 Å². The third-order valence-electron chi connectivity index (χ3n) is 6.61. The predicted molar refractivity (Wildman–Crippen MR) is 138 cm³/mol. The van der Waals surface area contributed by atoms with Crippen LogP contribution in [-0.4, -0.2) is 26.1 Å². The van der Waals surface area contributed by atoms with E-state index in [0.717, 1.165) is 65.0 Å². The van der Waals surface area contributed by atoms with Gasteiger partial charge in [0.25, 0.3) is 0 Å². The van der Waals surface area contributed by atoms with Gasteiger partial charge in [0.05, 0.1) is 0 Å². The Kier molecular flexibility index (Phi) is 6.31. The highest BCUT2D eigenvalue weighted by molar-refractivity contribution is 5.85. The zero-order valence-electron chi connectivity index (χ0n) is 19.4. The molecule has 8 nitrogen and oxygen atoms in total. The molecule has 0 radical (unpaired) electrons. The maximum Gasteiger partial charge on any atom is 0.224 e. The molecule has 0 atom stereocenters. The van der Waals surface area contributed by atoms with Crippen LogP contribution in [-0.2, 0) is 13.0 Å². The van der Waals surface area contributed by atoms with Gasteiger partial charge in [-0.3, -0.25) is 0 Å². The van der Waals surface area contributed by atoms with Gasteiger partial charge in [-0.2, -0.15) is 9.97 Å². The van der Waals surface area contributed by atoms with Gasteiger partial charge in [0.1, 0.15) is 5.82 Å². The van der Waals surface area contributed by atoms with Crippen LogP contribution in [0.5, 0.6) is 0 Å². The molecule has 1 aliphatic rings. The SMILES string of the molecule is NCCCc1nc2c(NCc3ccc(-c4ccccc4N)cc3)nc(N)nc2n1C1CCCC1. The molecule has 2 heterocycles. The lowest BCUT2D eigenvalue weighted by molar-refractivity contribution is 0.504. The molecule has 5 rings (SSSR count). The maximum absolute atomic E-state index is 6.13. The number of rotatable bonds is 8. The molecule has 0 saturated heterocycles. The number of nitrogens with zero attached hydrogens (tertiary/aromatic N) is 4. The normalized spacial score (nSPS) is 14.1. The molecule has 0 unspecified atom stereocenters. The van der Waals surface area contributed by atoms with Crippen molar-refractivity contribution in [1.29, 1.82) is 0 Å². The Morgan fingerprint density at radius 2 is 1.71 bits per heavy atom. The van der Waals surface area contributed by atoms with Crippen LogP contribution >= 0.6 is 0 Å². The lowest BCUT2D eigenvalue weighted by Crippen LogP contribution is -2.12. The Hall–Kier alpha value is -3.65. The summed E-state index contributed by atoms with van der Waals surface area (Å²) >= 11 is 0. The summed E-state index contributed by atoms with van der Waals surface area (Å²) in [5, 5.41) is 3.45. The first-order chi connectivity index (χ1) is 16.6. The third kappa shape index (κ3) is 4.41. The van der Waals surface area contributed by atoms with E-state index in [9.17, 15) is 0 Å². The topological polar surface area (TPSA) is 134 Å². The van der Waals surface area contributed by atoms with Crippen LogP contribution in [0, 0.1) is 0 Å². The van der Waals surface area contributed by atoms with Crippen LogP contribution in [0.2, 0.25) is 0 Å². The highest BCUT2D eigenvalue weighted by Gasteiger charge is 2.25. The summed E-state index contributed by atoms with van der Waals surface area (Å²) in [5.41, 5.74) is 23.7. The van der Waals surface area contributed by atoms with Crippen molar-refractivity contribution in [3.63, 3.8) is 0 Å². The molecule has 176 valence electrons. The number of fused-ring (bicyclic) bond motifs is 1. The number of nitrogen functional groups attached to an aromatic ring is 2. The standard InChI is InChI=1S/C26H32N8/c27-15-5-10-22-31-23-24(32-26(29)33-25(23)34(22)19-6-1-2-7-19)30-16-17-11-13-18(14-12-17)20-8-3-4-9-21(20)28/h3-4,8-9,11-14,19H,1-2,5-7,10,15-16,27-28H2,(H3,29,30,32,33). The molecular formula is C26H32N8. The molecule has 0 aliphatic heterocycles. The van der Waals surface area contributed by atoms with Crippen LogP contribution in [0.25, 0.3) is 22.3 Å². The van der Waals surface area contributed by atoms with E-state index in [4.69, 9.17) is 22.2 Å². The minimum atomic E-state index is 0.259. The van der Waals surface area contributed by atoms with E-state index >= 15 is 0 Å². The van der Waals surface area contributed by atoms with Crippen molar-refractivity contribution in [2.75, 3.05) is 23.3 Å². The first-order valence-corrected chi connectivity index (χ1v) is 12.1. The fourth-order valence-corrected chi connectivity index (χ4v) is 4.89. The number of nitrogens with one attached hydrogen (secondary N) is 1. The van der Waals surface area contributed by atoms with Crippen LogP contribution in [0.3, 0.4) is 0 Å². The molecule has 7 N–H and O–H groups in total. The van der Waals surface area contributed by atoms with Crippen molar-refractivity contribution in [3.8, 4) is 11.1 Å². The monoisotopic (exact) mass is 456 g/mol. The smallest absolute Gasteiger partial charge is 0.224 e. The number of benzene rings is 2. The van der Waals surface area contributed by atoms with Crippen molar-refractivity contribution in [3.05, 3.63) is 59.9 Å². The van der Waals surface area contributed by atoms with Gasteiger partial charge in [-0.15, -0.1) is 0 Å². The molecule has 1 aliphatic carbocycles. The molecule has 34 heavy (non-hydrogen) atoms. The van der Waals surface area contributed by atoms with Gasteiger partial charge >= 0.3 is 0 Å². The van der Waals surface area contributed by atoms with Crippen molar-refractivity contribution in [1.82, 2.24) is 19.5 Å². The van der Waals surface area contributed by atoms with Crippen LogP contribution in [0.15, 0.2) is 48.5 Å². The fraction of sp³-hybridized carbons (Fsp3) is 0.346. The largest absolute Gasteiger partial charge is 0.398 e. The zero-order valence-corrected chi connectivity index (χ0v) is 19.4. The number of imidazole rings is 1. The van der Waals surface area contributed by atoms with E-state index in [1.807, 2.05) is 24.3 Å². The Balaban J connectivity index is 1.42. The van der Waals surface area contributed by atoms with Gasteiger partial charge in [-0.05, 0) is 43.0 Å². The van der Waals surface area contributed by atoms with Gasteiger partial charge in [-0.1, -0.05) is 55.3 Å². The third-order valence-corrected chi connectivity index (χ3v) is 6.61. The molecule has 2 aromatic carbocycles. The van der Waals surface area contributed by atoms with Gasteiger partial charge in [0.2, 0.25) is 5.95 Å². The summed E-state index contributed by atoms with van der Waals surface area (Å²) in [6.45, 7) is 1.24. The fourth-order valence-electron chi connectivity index (χ4n) is 4.89. The van der Waals surface area contributed by atoms with Crippen molar-refractivity contribution >= 4 is 28.6 Å². The molecule has 1 fully saturated rings. The van der Waals surface area contributed by atoms with Gasteiger partial charge in [0, 0.05) is 30.3 Å².